The Morgan fingerprint density at radius 1 is 0.339 bits per heavy atom. The summed E-state index contributed by atoms with van der Waals surface area (Å²) in [5.74, 6) is -2.62. The standard InChI is InChI=1S/C27H16Cl2N2.C24H18N2.2C18H14BNO2.C6H6BrN.C3H4O4.Cl3OP.H2/c28-23-16-27(29)30-24-12-10-17(15-22(23)24)18-11-13-26-21(14-18)20-8-4-5-9-25(20)31(26)19-6-2-1-3-7-19;25-19-13-10-17(11-14-19)18-12-15-24-22(16-18)21-8-4-5-9-23(21)26(24)20-6-2-1-3-7-20;2*21-19(22)13-10-11-18-16(12-13)15-8-4-5-9-17(15)20(18)14-6-2-1-3-7-14;7-5-1-3-6(8)4-2-5;4-2(5)1-3(6)7;1-5(2,3)4;/h1-16H;1-16H,25H2;2*1-12,21-22H;1-4H,8H2;1H2,(H,4,5)(H,6,7);;1H/i;;;;;;;1+1. The van der Waals surface area contributed by atoms with E-state index in [4.69, 9.17) is 44.9 Å². The van der Waals surface area contributed by atoms with E-state index in [1.54, 1.807) is 18.2 Å². The molecule has 20 rings (SSSR count). The Hall–Kier alpha value is -12.4. The molecule has 600 valence electrons. The summed E-state index contributed by atoms with van der Waals surface area (Å²) < 4.78 is 19.6. The molecule has 15 aromatic carbocycles. The number of carboxylic acids is 2. The van der Waals surface area contributed by atoms with Crippen LogP contribution in [0, 0.1) is 0 Å². The van der Waals surface area contributed by atoms with Gasteiger partial charge in [0.1, 0.15) is 11.6 Å². The molecule has 121 heavy (non-hydrogen) atoms. The highest BCUT2D eigenvalue weighted by Gasteiger charge is 2.21. The van der Waals surface area contributed by atoms with Crippen molar-refractivity contribution in [3.63, 3.8) is 0 Å². The summed E-state index contributed by atoms with van der Waals surface area (Å²) in [7, 11) is -2.91. The number of pyridine rings is 1. The number of anilines is 2. The molecule has 0 aliphatic rings. The molecule has 25 heteroatoms. The fourth-order valence-electron chi connectivity index (χ4n) is 14.6. The predicted molar refractivity (Wildman–Crippen MR) is 509 cm³/mol. The number of rotatable bonds is 10. The molecule has 0 unspecified atom stereocenters. The van der Waals surface area contributed by atoms with Gasteiger partial charge in [0.05, 0.1) is 54.7 Å². The first-order chi connectivity index (χ1) is 58.4. The number of aliphatic carboxylic acids is 2. The van der Waals surface area contributed by atoms with Crippen LogP contribution in [-0.4, -0.2) is 79.7 Å². The lowest BCUT2D eigenvalue weighted by molar-refractivity contribution is -0.147. The molecule has 5 aromatic heterocycles. The lowest BCUT2D eigenvalue weighted by Gasteiger charge is -2.09. The van der Waals surface area contributed by atoms with E-state index in [1.165, 1.54) is 60.4 Å². The summed E-state index contributed by atoms with van der Waals surface area (Å²) in [5, 5.41) is 61.0. The van der Waals surface area contributed by atoms with E-state index in [-0.39, 0.29) is 1.43 Å². The summed E-state index contributed by atoms with van der Waals surface area (Å²) in [6.07, 6.45) is -0.806. The molecule has 0 atom stereocenters. The minimum atomic E-state index is -3.22. The second kappa shape index (κ2) is 38.3. The van der Waals surface area contributed by atoms with Crippen molar-refractivity contribution < 1.29 is 45.9 Å². The third kappa shape index (κ3) is 20.0. The van der Waals surface area contributed by atoms with Gasteiger partial charge in [-0.15, -0.1) is 0 Å². The maximum atomic E-state index is 9.51. The first-order valence-electron chi connectivity index (χ1n) is 37.7. The zero-order valence-electron chi connectivity index (χ0n) is 64.0. The summed E-state index contributed by atoms with van der Waals surface area (Å²) in [6, 6.07) is 123. The SMILES string of the molecule is Clc1cc(Cl)c2cc(-c3ccc4c(c3)c3ccccc3n4-c3ccccc3)ccc2n1.Nc1ccc(-c2ccc3c(c2)c2ccccc2n3-c2ccccc2)cc1.Nc1ccc(Br)cc1.O=C(O)CC(=O)O.O=P(Cl)(Cl)Cl.OB(O)c1ccc2c(c1)c1ccccc1n2-c1ccccc1.OB(O)c1ccc2c(c1)c1ccccc1n2-c1ccccc1.[2HH]. The summed E-state index contributed by atoms with van der Waals surface area (Å²) in [5.41, 5.74) is 32.9. The summed E-state index contributed by atoms with van der Waals surface area (Å²) in [6.45, 7) is 0. The lowest BCUT2D eigenvalue weighted by Crippen LogP contribution is -2.29. The smallest absolute Gasteiger partial charge is 0.481 e. The number of hydrogen-bond acceptors (Lipinski definition) is 10. The van der Waals surface area contributed by atoms with Gasteiger partial charge in [0.15, 0.2) is 0 Å². The number of nitrogen functional groups attached to an aromatic ring is 2. The number of hydrogen-bond donors (Lipinski definition) is 8. The summed E-state index contributed by atoms with van der Waals surface area (Å²) >= 11 is 29.6. The van der Waals surface area contributed by atoms with E-state index in [0.29, 0.717) is 21.1 Å². The second-order valence-electron chi connectivity index (χ2n) is 27.7. The van der Waals surface area contributed by atoms with Crippen molar-refractivity contribution >= 4 is 225 Å². The molecule has 0 amide bonds. The summed E-state index contributed by atoms with van der Waals surface area (Å²) in [4.78, 5) is 23.2. The molecule has 0 bridgehead atoms. The van der Waals surface area contributed by atoms with Gasteiger partial charge in [-0.25, -0.2) is 4.98 Å². The fraction of sp³-hybridized carbons (Fsp3) is 0.0104. The van der Waals surface area contributed by atoms with Crippen molar-refractivity contribution in [1.29, 1.82) is 0 Å². The van der Waals surface area contributed by atoms with Gasteiger partial charge >= 0.3 is 31.4 Å². The topological polar surface area (TPSA) is 257 Å². The van der Waals surface area contributed by atoms with E-state index >= 15 is 0 Å². The molecule has 5 heterocycles. The monoisotopic (exact) mass is 1780 g/mol. The molecule has 0 saturated carbocycles. The van der Waals surface area contributed by atoms with Crippen LogP contribution in [0.15, 0.2) is 368 Å². The van der Waals surface area contributed by atoms with E-state index in [0.717, 1.165) is 98.6 Å². The molecule has 10 N–H and O–H groups in total. The van der Waals surface area contributed by atoms with E-state index in [9.17, 15) is 34.3 Å². The van der Waals surface area contributed by atoms with Gasteiger partial charge in [0, 0.05) is 88.5 Å². The van der Waals surface area contributed by atoms with Crippen LogP contribution in [0.3, 0.4) is 0 Å². The number of halogens is 6. The van der Waals surface area contributed by atoms with Crippen molar-refractivity contribution in [2.45, 2.75) is 6.42 Å². The van der Waals surface area contributed by atoms with Gasteiger partial charge in [-0.1, -0.05) is 239 Å². The molecule has 0 aliphatic heterocycles. The Kier molecular flexibility index (Phi) is 26.9. The van der Waals surface area contributed by atoms with Crippen molar-refractivity contribution in [2.75, 3.05) is 11.5 Å². The molecule has 16 nitrogen and oxygen atoms in total. The van der Waals surface area contributed by atoms with Crippen LogP contribution in [0.1, 0.15) is 7.85 Å². The number of para-hydroxylation sites is 8. The van der Waals surface area contributed by atoms with Gasteiger partial charge in [0.2, 0.25) is 0 Å². The van der Waals surface area contributed by atoms with Crippen molar-refractivity contribution in [3.8, 4) is 45.0 Å². The van der Waals surface area contributed by atoms with Crippen LogP contribution >= 0.6 is 78.1 Å². The van der Waals surface area contributed by atoms with Crippen LogP contribution in [-0.2, 0) is 14.2 Å². The number of aromatic nitrogens is 5. The second-order valence-corrected chi connectivity index (χ2v) is 36.1. The van der Waals surface area contributed by atoms with Crippen LogP contribution < -0.4 is 22.4 Å². The average Bonchev–Trinajstić information content (AvgIpc) is 1.61. The van der Waals surface area contributed by atoms with Gasteiger partial charge in [-0.05, 0) is 231 Å². The third-order valence-electron chi connectivity index (χ3n) is 19.9. The highest BCUT2D eigenvalue weighted by Crippen LogP contribution is 2.61. The average molecular weight is 1780 g/mol. The first-order valence-corrected chi connectivity index (χ1v) is 43.7. The molecule has 0 radical (unpaired) electrons. The number of fused-ring (bicyclic) bond motifs is 13. The number of nitrogens with zero attached hydrogens (tertiary/aromatic N) is 5. The van der Waals surface area contributed by atoms with Crippen LogP contribution in [0.4, 0.5) is 11.4 Å². The van der Waals surface area contributed by atoms with Crippen molar-refractivity contribution in [3.05, 3.63) is 379 Å². The predicted octanol–water partition coefficient (Wildman–Crippen LogP) is 23.9. The largest absolute Gasteiger partial charge is 0.488 e. The number of carbonyl (C=O) groups is 2. The van der Waals surface area contributed by atoms with Gasteiger partial charge in [-0.3, -0.25) is 14.2 Å². The first kappa shape index (κ1) is 85.0. The van der Waals surface area contributed by atoms with E-state index in [2.05, 4.69) is 285 Å². The molecule has 0 fully saturated rings. The van der Waals surface area contributed by atoms with E-state index in [1.807, 2.05) is 133 Å². The minimum absolute atomic E-state index is 0. The lowest BCUT2D eigenvalue weighted by atomic mass is 9.80. The molecular weight excluding hydrogens is 1700 g/mol. The zero-order valence-corrected chi connectivity index (χ0v) is 70.3. The Bertz CT molecular complexity index is 6980. The normalized spacial score (nSPS) is 11.0. The van der Waals surface area contributed by atoms with Gasteiger partial charge < -0.3 is 60.0 Å². The van der Waals surface area contributed by atoms with Gasteiger partial charge in [0.25, 0.3) is 0 Å². The molecule has 0 aliphatic carbocycles. The van der Waals surface area contributed by atoms with Crippen molar-refractivity contribution in [1.82, 2.24) is 23.3 Å². The van der Waals surface area contributed by atoms with E-state index < -0.39 is 37.8 Å². The molecular formula is C96H74B2BrCl5N7O9P. The highest BCUT2D eigenvalue weighted by atomic mass is 79.9. The Balaban J connectivity index is 0.000000131. The zero-order chi connectivity index (χ0) is 85.0. The highest BCUT2D eigenvalue weighted by molar-refractivity contribution is 9.10. The Labute approximate surface area is 729 Å². The Morgan fingerprint density at radius 3 is 0.917 bits per heavy atom. The van der Waals surface area contributed by atoms with Crippen molar-refractivity contribution in [2.24, 2.45) is 0 Å². The molecule has 0 saturated heterocycles. The number of benzene rings is 15. The fourth-order valence-corrected chi connectivity index (χ4v) is 15.4. The maximum absolute atomic E-state index is 9.51. The minimum Gasteiger partial charge on any atom is -0.481 e. The van der Waals surface area contributed by atoms with Crippen LogP contribution in [0.25, 0.3) is 143 Å². The molecule has 20 aromatic rings. The van der Waals surface area contributed by atoms with Gasteiger partial charge in [-0.2, -0.15) is 0 Å². The van der Waals surface area contributed by atoms with Crippen LogP contribution in [0.2, 0.25) is 10.2 Å². The molecule has 0 spiro atoms. The quantitative estimate of drug-likeness (QED) is 0.0209. The Morgan fingerprint density at radius 2 is 0.603 bits per heavy atom. The third-order valence-corrected chi connectivity index (χ3v) is 20.9. The number of carboxylic acid groups (broad SMARTS) is 2. The number of nitrogens with two attached hydrogens (primary N) is 2. The van der Waals surface area contributed by atoms with Crippen LogP contribution in [0.5, 0.6) is 0 Å². The maximum Gasteiger partial charge on any atom is 0.488 e.